The quantitative estimate of drug-likeness (QED) is 0.554. The Hall–Kier alpha value is -2.19. The monoisotopic (exact) mass is 390 g/mol. The van der Waals surface area contributed by atoms with Crippen molar-refractivity contribution in [2.45, 2.75) is 42.8 Å². The van der Waals surface area contributed by atoms with Crippen LogP contribution in [0.4, 0.5) is 4.39 Å². The van der Waals surface area contributed by atoms with Crippen LogP contribution in [0.2, 0.25) is 0 Å². The highest BCUT2D eigenvalue weighted by Gasteiger charge is 2.24. The molecule has 1 N–H and O–H groups in total. The van der Waals surface area contributed by atoms with Gasteiger partial charge in [0.15, 0.2) is 11.0 Å². The lowest BCUT2D eigenvalue weighted by molar-refractivity contribution is -0.120. The molecule has 2 atom stereocenters. The molecule has 27 heavy (non-hydrogen) atoms. The average molecular weight is 390 g/mol. The number of halogens is 1. The summed E-state index contributed by atoms with van der Waals surface area (Å²) in [5, 5.41) is 11.7. The molecule has 0 aliphatic carbocycles. The molecule has 1 aliphatic rings. The van der Waals surface area contributed by atoms with Crippen LogP contribution < -0.4 is 5.32 Å². The second-order valence-electron chi connectivity index (χ2n) is 6.35. The molecule has 1 aliphatic heterocycles. The second kappa shape index (κ2) is 9.14. The standard InChI is InChI=1S/C19H23FN4O2S/c1-3-10-21-18(25)13(2)27-19-23-22-17(14-6-8-15(20)9-7-14)24(19)12-16-5-4-11-26-16/h3,6-9,13,16H,1,4-5,10-12H2,2H3,(H,21,25)/t13-,16+/m0/s1. The average Bonchev–Trinajstić information content (AvgIpc) is 3.31. The van der Waals surface area contributed by atoms with Crippen LogP contribution in [0, 0.1) is 5.82 Å². The number of carbonyl (C=O) groups excluding carboxylic acids is 1. The zero-order valence-electron chi connectivity index (χ0n) is 15.2. The predicted molar refractivity (Wildman–Crippen MR) is 103 cm³/mol. The number of hydrogen-bond donors (Lipinski definition) is 1. The van der Waals surface area contributed by atoms with E-state index in [2.05, 4.69) is 22.1 Å². The normalized spacial score (nSPS) is 17.6. The summed E-state index contributed by atoms with van der Waals surface area (Å²) in [6.07, 6.45) is 3.73. The van der Waals surface area contributed by atoms with E-state index in [1.54, 1.807) is 18.2 Å². The van der Waals surface area contributed by atoms with Crippen molar-refractivity contribution in [1.82, 2.24) is 20.1 Å². The van der Waals surface area contributed by atoms with E-state index in [1.165, 1.54) is 23.9 Å². The van der Waals surface area contributed by atoms with E-state index in [4.69, 9.17) is 4.74 Å². The molecule has 1 fully saturated rings. The molecule has 0 bridgehead atoms. The largest absolute Gasteiger partial charge is 0.376 e. The van der Waals surface area contributed by atoms with E-state index in [1.807, 2.05) is 11.5 Å². The first kappa shape index (κ1) is 19.6. The molecule has 1 aromatic carbocycles. The number of aromatic nitrogens is 3. The zero-order valence-corrected chi connectivity index (χ0v) is 16.0. The minimum absolute atomic E-state index is 0.0875. The van der Waals surface area contributed by atoms with Gasteiger partial charge < -0.3 is 10.1 Å². The topological polar surface area (TPSA) is 69.0 Å². The number of thioether (sulfide) groups is 1. The van der Waals surface area contributed by atoms with E-state index >= 15 is 0 Å². The summed E-state index contributed by atoms with van der Waals surface area (Å²) >= 11 is 1.34. The maximum atomic E-state index is 13.3. The SMILES string of the molecule is C=CCNC(=O)[C@H](C)Sc1nnc(-c2ccc(F)cc2)n1C[C@H]1CCCO1. The number of carbonyl (C=O) groups is 1. The summed E-state index contributed by atoms with van der Waals surface area (Å²) < 4.78 is 21.0. The van der Waals surface area contributed by atoms with Crippen LogP contribution in [-0.2, 0) is 16.1 Å². The molecule has 0 unspecified atom stereocenters. The van der Waals surface area contributed by atoms with E-state index in [0.29, 0.717) is 24.1 Å². The van der Waals surface area contributed by atoms with Gasteiger partial charge in [-0.05, 0) is 44.0 Å². The van der Waals surface area contributed by atoms with E-state index in [9.17, 15) is 9.18 Å². The van der Waals surface area contributed by atoms with Crippen LogP contribution in [0.1, 0.15) is 19.8 Å². The predicted octanol–water partition coefficient (Wildman–Crippen LogP) is 3.05. The van der Waals surface area contributed by atoms with Gasteiger partial charge in [-0.15, -0.1) is 16.8 Å². The van der Waals surface area contributed by atoms with Gasteiger partial charge in [-0.3, -0.25) is 9.36 Å². The lowest BCUT2D eigenvalue weighted by Gasteiger charge is -2.16. The molecule has 0 radical (unpaired) electrons. The number of ether oxygens (including phenoxy) is 1. The number of rotatable bonds is 8. The molecule has 0 saturated carbocycles. The third kappa shape index (κ3) is 4.95. The van der Waals surface area contributed by atoms with Gasteiger partial charge in [0.2, 0.25) is 5.91 Å². The zero-order chi connectivity index (χ0) is 19.2. The molecule has 2 aromatic rings. The summed E-state index contributed by atoms with van der Waals surface area (Å²) in [5.74, 6) is 0.257. The van der Waals surface area contributed by atoms with Crippen molar-refractivity contribution in [2.75, 3.05) is 13.2 Å². The van der Waals surface area contributed by atoms with E-state index < -0.39 is 0 Å². The van der Waals surface area contributed by atoms with Gasteiger partial charge in [-0.1, -0.05) is 17.8 Å². The van der Waals surface area contributed by atoms with Crippen molar-refractivity contribution in [3.63, 3.8) is 0 Å². The van der Waals surface area contributed by atoms with Crippen molar-refractivity contribution < 1.29 is 13.9 Å². The fourth-order valence-electron chi connectivity index (χ4n) is 2.87. The molecule has 144 valence electrons. The van der Waals surface area contributed by atoms with Crippen molar-refractivity contribution >= 4 is 17.7 Å². The Morgan fingerprint density at radius 2 is 2.26 bits per heavy atom. The molecule has 8 heteroatoms. The molecule has 1 aromatic heterocycles. The smallest absolute Gasteiger partial charge is 0.233 e. The van der Waals surface area contributed by atoms with Crippen LogP contribution in [0.15, 0.2) is 42.1 Å². The van der Waals surface area contributed by atoms with Gasteiger partial charge in [0.25, 0.3) is 0 Å². The molecule has 2 heterocycles. The fourth-order valence-corrected chi connectivity index (χ4v) is 3.76. The Labute approximate surface area is 162 Å². The summed E-state index contributed by atoms with van der Waals surface area (Å²) in [6.45, 7) is 7.20. The van der Waals surface area contributed by atoms with Crippen molar-refractivity contribution in [1.29, 1.82) is 0 Å². The van der Waals surface area contributed by atoms with Crippen LogP contribution in [0.3, 0.4) is 0 Å². The number of benzene rings is 1. The minimum Gasteiger partial charge on any atom is -0.376 e. The Morgan fingerprint density at radius 3 is 2.93 bits per heavy atom. The second-order valence-corrected chi connectivity index (χ2v) is 7.66. The number of hydrogen-bond acceptors (Lipinski definition) is 5. The number of nitrogens with zero attached hydrogens (tertiary/aromatic N) is 3. The first-order chi connectivity index (χ1) is 13.1. The summed E-state index contributed by atoms with van der Waals surface area (Å²) in [5.41, 5.74) is 0.775. The van der Waals surface area contributed by atoms with Crippen molar-refractivity contribution in [3.8, 4) is 11.4 Å². The molecule has 1 saturated heterocycles. The van der Waals surface area contributed by atoms with E-state index in [-0.39, 0.29) is 23.1 Å². The molecule has 3 rings (SSSR count). The summed E-state index contributed by atoms with van der Waals surface area (Å²) in [4.78, 5) is 12.2. The molecule has 6 nitrogen and oxygen atoms in total. The van der Waals surface area contributed by atoms with Crippen LogP contribution >= 0.6 is 11.8 Å². The Morgan fingerprint density at radius 1 is 1.48 bits per heavy atom. The first-order valence-corrected chi connectivity index (χ1v) is 9.82. The number of amides is 1. The van der Waals surface area contributed by atoms with E-state index in [0.717, 1.165) is 25.0 Å². The highest BCUT2D eigenvalue weighted by Crippen LogP contribution is 2.29. The van der Waals surface area contributed by atoms with Crippen LogP contribution in [0.25, 0.3) is 11.4 Å². The van der Waals surface area contributed by atoms with Crippen molar-refractivity contribution in [2.24, 2.45) is 0 Å². The fraction of sp³-hybridized carbons (Fsp3) is 0.421. The van der Waals surface area contributed by atoms with Crippen molar-refractivity contribution in [3.05, 3.63) is 42.7 Å². The third-order valence-corrected chi connectivity index (χ3v) is 5.38. The van der Waals surface area contributed by atoms with Crippen LogP contribution in [-0.4, -0.2) is 45.2 Å². The van der Waals surface area contributed by atoms with Gasteiger partial charge in [-0.2, -0.15) is 0 Å². The summed E-state index contributed by atoms with van der Waals surface area (Å²) in [7, 11) is 0. The molecule has 0 spiro atoms. The Bertz CT molecular complexity index is 788. The minimum atomic E-state index is -0.335. The third-order valence-electron chi connectivity index (χ3n) is 4.30. The maximum absolute atomic E-state index is 13.3. The lowest BCUT2D eigenvalue weighted by Crippen LogP contribution is -2.31. The van der Waals surface area contributed by atoms with Crippen LogP contribution in [0.5, 0.6) is 0 Å². The van der Waals surface area contributed by atoms with Gasteiger partial charge in [0.1, 0.15) is 5.82 Å². The Kier molecular flexibility index (Phi) is 6.63. The number of nitrogens with one attached hydrogen (secondary N) is 1. The van der Waals surface area contributed by atoms with Gasteiger partial charge in [-0.25, -0.2) is 4.39 Å². The van der Waals surface area contributed by atoms with Gasteiger partial charge >= 0.3 is 0 Å². The lowest BCUT2D eigenvalue weighted by atomic mass is 10.2. The highest BCUT2D eigenvalue weighted by molar-refractivity contribution is 8.00. The summed E-state index contributed by atoms with van der Waals surface area (Å²) in [6, 6.07) is 6.16. The highest BCUT2D eigenvalue weighted by atomic mass is 32.2. The molecule has 1 amide bonds. The van der Waals surface area contributed by atoms with Gasteiger partial charge in [0, 0.05) is 18.7 Å². The first-order valence-electron chi connectivity index (χ1n) is 8.94. The maximum Gasteiger partial charge on any atom is 0.233 e. The Balaban J connectivity index is 1.84. The molecular formula is C19H23FN4O2S. The molecular weight excluding hydrogens is 367 g/mol. The van der Waals surface area contributed by atoms with Gasteiger partial charge in [0.05, 0.1) is 17.9 Å².